The number of halogens is 1. The zero-order valence-electron chi connectivity index (χ0n) is 20.6. The standard InChI is InChI=1S/C28H39ClO4/c1-5-6-7-8-25(32)33-28(16(2)30)12-10-19-17-14-23(29)22-15-24(31)18-13-21(18)27(22,4)20(17)9-11-26(19,28)3/h15,17-21,23H,5-14H2,1-4H3/t17-,18?,19-,20+,21?,23+,26-,27+,28-/m0/s1. The Kier molecular flexibility index (Phi) is 5.67. The SMILES string of the molecule is CCCCCC(=O)O[C@]1(C(C)=O)CC[C@H]2[C@@H]3C[C@@H](Cl)C4=CC(=O)C5CC5[C@@]4(C)[C@@H]3CC[C@@]21C. The van der Waals surface area contributed by atoms with Gasteiger partial charge in [-0.3, -0.25) is 14.4 Å². The van der Waals surface area contributed by atoms with Gasteiger partial charge in [-0.05, 0) is 92.6 Å². The van der Waals surface area contributed by atoms with Crippen LogP contribution < -0.4 is 0 Å². The van der Waals surface area contributed by atoms with Crippen LogP contribution >= 0.6 is 11.6 Å². The number of rotatable bonds is 6. The molecule has 5 aliphatic carbocycles. The molecule has 0 spiro atoms. The number of unbranched alkanes of at least 4 members (excludes halogenated alkanes) is 2. The summed E-state index contributed by atoms with van der Waals surface area (Å²) in [6, 6.07) is 0. The Hall–Kier alpha value is -1.16. The minimum absolute atomic E-state index is 0.00495. The van der Waals surface area contributed by atoms with Crippen LogP contribution in [0.15, 0.2) is 11.6 Å². The van der Waals surface area contributed by atoms with Crippen molar-refractivity contribution in [3.8, 4) is 0 Å². The smallest absolute Gasteiger partial charge is 0.306 e. The molecule has 33 heavy (non-hydrogen) atoms. The summed E-state index contributed by atoms with van der Waals surface area (Å²) in [5.74, 6) is 1.90. The van der Waals surface area contributed by atoms with Gasteiger partial charge in [0.25, 0.3) is 0 Å². The van der Waals surface area contributed by atoms with E-state index in [1.807, 2.05) is 6.08 Å². The first kappa shape index (κ1) is 23.6. The van der Waals surface area contributed by atoms with Crippen molar-refractivity contribution < 1.29 is 19.1 Å². The number of allylic oxidation sites excluding steroid dienone is 1. The Morgan fingerprint density at radius 2 is 1.82 bits per heavy atom. The summed E-state index contributed by atoms with van der Waals surface area (Å²) < 4.78 is 6.18. The summed E-state index contributed by atoms with van der Waals surface area (Å²) >= 11 is 7.00. The number of hydrogen-bond donors (Lipinski definition) is 0. The van der Waals surface area contributed by atoms with E-state index in [1.54, 1.807) is 6.92 Å². The van der Waals surface area contributed by atoms with Crippen molar-refractivity contribution in [2.24, 2.45) is 40.4 Å². The van der Waals surface area contributed by atoms with Crippen molar-refractivity contribution in [1.29, 1.82) is 0 Å². The van der Waals surface area contributed by atoms with E-state index >= 15 is 0 Å². The van der Waals surface area contributed by atoms with Crippen LogP contribution in [0, 0.1) is 40.4 Å². The average molecular weight is 475 g/mol. The average Bonchev–Trinajstić information content (AvgIpc) is 3.51. The third-order valence-electron chi connectivity index (χ3n) is 10.8. The molecule has 0 radical (unpaired) electrons. The molecule has 0 heterocycles. The van der Waals surface area contributed by atoms with Gasteiger partial charge in [-0.1, -0.05) is 33.6 Å². The van der Waals surface area contributed by atoms with Crippen LogP contribution in [-0.4, -0.2) is 28.5 Å². The molecule has 4 nitrogen and oxygen atoms in total. The number of ketones is 2. The first-order valence-corrected chi connectivity index (χ1v) is 13.7. The lowest BCUT2D eigenvalue weighted by molar-refractivity contribution is -0.189. The maximum Gasteiger partial charge on any atom is 0.306 e. The first-order chi connectivity index (χ1) is 15.6. The van der Waals surface area contributed by atoms with Crippen molar-refractivity contribution in [2.45, 2.75) is 103 Å². The molecule has 5 heteroatoms. The summed E-state index contributed by atoms with van der Waals surface area (Å²) in [5.41, 5.74) is -0.179. The highest BCUT2D eigenvalue weighted by Gasteiger charge is 2.71. The van der Waals surface area contributed by atoms with Gasteiger partial charge in [0.05, 0.1) is 5.38 Å². The van der Waals surface area contributed by atoms with Crippen LogP contribution in [0.5, 0.6) is 0 Å². The van der Waals surface area contributed by atoms with E-state index < -0.39 is 5.60 Å². The van der Waals surface area contributed by atoms with E-state index in [0.717, 1.165) is 51.4 Å². The topological polar surface area (TPSA) is 60.4 Å². The number of carbonyl (C=O) groups is 3. The predicted molar refractivity (Wildman–Crippen MR) is 128 cm³/mol. The summed E-state index contributed by atoms with van der Waals surface area (Å²) in [5, 5.41) is -0.118. The molecular formula is C28H39ClO4. The lowest BCUT2D eigenvalue weighted by Gasteiger charge is -2.60. The Morgan fingerprint density at radius 3 is 2.52 bits per heavy atom. The second-order valence-corrected chi connectivity index (χ2v) is 12.6. The first-order valence-electron chi connectivity index (χ1n) is 13.2. The van der Waals surface area contributed by atoms with Gasteiger partial charge in [0.2, 0.25) is 0 Å². The largest absolute Gasteiger partial charge is 0.450 e. The van der Waals surface area contributed by atoms with E-state index in [0.29, 0.717) is 36.5 Å². The minimum Gasteiger partial charge on any atom is -0.450 e. The van der Waals surface area contributed by atoms with Gasteiger partial charge >= 0.3 is 5.97 Å². The summed E-state index contributed by atoms with van der Waals surface area (Å²) in [4.78, 5) is 38.5. The minimum atomic E-state index is -1.00. The molecule has 4 fully saturated rings. The normalized spacial score (nSPS) is 47.5. The summed E-state index contributed by atoms with van der Waals surface area (Å²) in [6.07, 6.45) is 10.4. The summed E-state index contributed by atoms with van der Waals surface area (Å²) in [6.45, 7) is 8.31. The molecule has 2 unspecified atom stereocenters. The lowest BCUT2D eigenvalue weighted by Crippen LogP contribution is -2.60. The molecule has 0 aromatic rings. The third kappa shape index (κ3) is 3.18. The van der Waals surface area contributed by atoms with Gasteiger partial charge in [-0.25, -0.2) is 0 Å². The molecule has 182 valence electrons. The molecule has 0 amide bonds. The number of carbonyl (C=O) groups excluding carboxylic acids is 3. The zero-order chi connectivity index (χ0) is 23.8. The van der Waals surface area contributed by atoms with Crippen molar-refractivity contribution >= 4 is 29.1 Å². The van der Waals surface area contributed by atoms with Crippen molar-refractivity contribution in [3.05, 3.63) is 11.6 Å². The van der Waals surface area contributed by atoms with E-state index in [9.17, 15) is 14.4 Å². The maximum atomic E-state index is 13.2. The van der Waals surface area contributed by atoms with E-state index in [-0.39, 0.29) is 39.7 Å². The van der Waals surface area contributed by atoms with Crippen LogP contribution in [0.2, 0.25) is 0 Å². The van der Waals surface area contributed by atoms with Crippen LogP contribution in [0.4, 0.5) is 0 Å². The number of esters is 1. The predicted octanol–water partition coefficient (Wildman–Crippen LogP) is 6.04. The van der Waals surface area contributed by atoms with Gasteiger partial charge in [0, 0.05) is 17.8 Å². The number of fused-ring (bicyclic) bond motifs is 7. The van der Waals surface area contributed by atoms with Gasteiger partial charge in [0.1, 0.15) is 0 Å². The van der Waals surface area contributed by atoms with Crippen molar-refractivity contribution in [2.75, 3.05) is 0 Å². The Labute approximate surface area is 203 Å². The molecule has 4 saturated carbocycles. The number of Topliss-reactive ketones (excluding diaryl/α,β-unsaturated/α-hetero) is 1. The van der Waals surface area contributed by atoms with Crippen LogP contribution in [0.3, 0.4) is 0 Å². The second kappa shape index (κ2) is 7.93. The van der Waals surface area contributed by atoms with Crippen LogP contribution in [0.1, 0.15) is 91.9 Å². The van der Waals surface area contributed by atoms with Gasteiger partial charge in [-0.2, -0.15) is 0 Å². The van der Waals surface area contributed by atoms with E-state index in [4.69, 9.17) is 16.3 Å². The molecule has 0 N–H and O–H groups in total. The number of alkyl halides is 1. The van der Waals surface area contributed by atoms with Crippen molar-refractivity contribution in [3.63, 3.8) is 0 Å². The molecule has 0 aromatic carbocycles. The molecule has 5 aliphatic rings. The van der Waals surface area contributed by atoms with Gasteiger partial charge in [0.15, 0.2) is 17.2 Å². The molecule has 5 rings (SSSR count). The Morgan fingerprint density at radius 1 is 1.09 bits per heavy atom. The molecule has 0 aromatic heterocycles. The fourth-order valence-corrected chi connectivity index (χ4v) is 9.53. The highest BCUT2D eigenvalue weighted by Crippen LogP contribution is 2.73. The Balaban J connectivity index is 1.45. The lowest BCUT2D eigenvalue weighted by atomic mass is 9.46. The van der Waals surface area contributed by atoms with Crippen LogP contribution in [0.25, 0.3) is 0 Å². The Bertz CT molecular complexity index is 910. The van der Waals surface area contributed by atoms with Gasteiger partial charge < -0.3 is 4.74 Å². The van der Waals surface area contributed by atoms with Crippen LogP contribution in [-0.2, 0) is 19.1 Å². The summed E-state index contributed by atoms with van der Waals surface area (Å²) in [7, 11) is 0. The zero-order valence-corrected chi connectivity index (χ0v) is 21.4. The molecule has 0 saturated heterocycles. The monoisotopic (exact) mass is 474 g/mol. The highest BCUT2D eigenvalue weighted by atomic mass is 35.5. The molecule has 0 bridgehead atoms. The van der Waals surface area contributed by atoms with E-state index in [1.165, 1.54) is 5.57 Å². The number of ether oxygens (including phenoxy) is 1. The second-order valence-electron chi connectivity index (χ2n) is 12.1. The molecule has 9 atom stereocenters. The quantitative estimate of drug-likeness (QED) is 0.267. The molecule has 0 aliphatic heterocycles. The highest BCUT2D eigenvalue weighted by molar-refractivity contribution is 6.23. The van der Waals surface area contributed by atoms with Gasteiger partial charge in [-0.15, -0.1) is 11.6 Å². The van der Waals surface area contributed by atoms with Crippen molar-refractivity contribution in [1.82, 2.24) is 0 Å². The fraction of sp³-hybridized carbons (Fsp3) is 0.821. The maximum absolute atomic E-state index is 13.2. The fourth-order valence-electron chi connectivity index (χ4n) is 9.03. The third-order valence-corrected chi connectivity index (χ3v) is 11.2. The number of hydrogen-bond acceptors (Lipinski definition) is 4. The van der Waals surface area contributed by atoms with E-state index in [2.05, 4.69) is 20.8 Å². The molecular weight excluding hydrogens is 436 g/mol.